The van der Waals surface area contributed by atoms with Crippen molar-refractivity contribution in [2.24, 2.45) is 0 Å². The lowest BCUT2D eigenvalue weighted by molar-refractivity contribution is 0.0294. The predicted molar refractivity (Wildman–Crippen MR) is 81.6 cm³/mol. The van der Waals surface area contributed by atoms with Gasteiger partial charge in [-0.15, -0.1) is 0 Å². The Morgan fingerprint density at radius 2 is 1.92 bits per heavy atom. The quantitative estimate of drug-likeness (QED) is 0.881. The molecule has 0 bridgehead atoms. The Kier molecular flexibility index (Phi) is 3.46. The molecule has 8 heteroatoms. The van der Waals surface area contributed by atoms with E-state index in [1.807, 2.05) is 6.07 Å². The molecule has 124 valence electrons. The van der Waals surface area contributed by atoms with E-state index in [-0.39, 0.29) is 23.9 Å². The molecule has 0 radical (unpaired) electrons. The average molecular weight is 329 g/mol. The van der Waals surface area contributed by atoms with Gasteiger partial charge in [-0.25, -0.2) is 9.78 Å². The van der Waals surface area contributed by atoms with Gasteiger partial charge in [0.2, 0.25) is 0 Å². The maximum atomic E-state index is 13.0. The van der Waals surface area contributed by atoms with Crippen molar-refractivity contribution in [3.05, 3.63) is 41.5 Å². The monoisotopic (exact) mass is 329 g/mol. The maximum Gasteiger partial charge on any atom is 0.356 e. The zero-order valence-corrected chi connectivity index (χ0v) is 12.8. The van der Waals surface area contributed by atoms with E-state index in [4.69, 9.17) is 9.47 Å². The smallest absolute Gasteiger partial charge is 0.356 e. The first-order valence-electron chi connectivity index (χ1n) is 7.61. The van der Waals surface area contributed by atoms with Crippen LogP contribution in [-0.4, -0.2) is 57.7 Å². The van der Waals surface area contributed by atoms with Crippen LogP contribution in [0.1, 0.15) is 26.8 Å². The van der Waals surface area contributed by atoms with E-state index < -0.39 is 5.97 Å². The van der Waals surface area contributed by atoms with Crippen LogP contribution in [-0.2, 0) is 11.3 Å². The number of hydrogen-bond donors (Lipinski definition) is 1. The topological polar surface area (TPSA) is 93.9 Å². The molecule has 1 aromatic heterocycles. The van der Waals surface area contributed by atoms with Crippen molar-refractivity contribution >= 4 is 11.9 Å². The lowest BCUT2D eigenvalue weighted by atomic mass is 10.2. The zero-order chi connectivity index (χ0) is 16.7. The summed E-state index contributed by atoms with van der Waals surface area (Å²) in [7, 11) is 0. The normalized spacial score (nSPS) is 16.1. The molecule has 24 heavy (non-hydrogen) atoms. The Morgan fingerprint density at radius 3 is 2.67 bits per heavy atom. The van der Waals surface area contributed by atoms with Gasteiger partial charge in [-0.3, -0.25) is 9.36 Å². The summed E-state index contributed by atoms with van der Waals surface area (Å²) in [5, 5.41) is 9.50. The summed E-state index contributed by atoms with van der Waals surface area (Å²) in [6.07, 6.45) is 0. The number of imidazole rings is 1. The van der Waals surface area contributed by atoms with E-state index in [1.165, 1.54) is 0 Å². The largest absolute Gasteiger partial charge is 0.483 e. The first kappa shape index (κ1) is 14.7. The first-order valence-corrected chi connectivity index (χ1v) is 7.61. The van der Waals surface area contributed by atoms with Gasteiger partial charge in [0.25, 0.3) is 5.91 Å². The molecule has 4 rings (SSSR count). The number of amides is 1. The van der Waals surface area contributed by atoms with Crippen LogP contribution in [0.3, 0.4) is 0 Å². The van der Waals surface area contributed by atoms with E-state index in [2.05, 4.69) is 4.98 Å². The third kappa shape index (κ3) is 2.23. The van der Waals surface area contributed by atoms with Gasteiger partial charge >= 0.3 is 5.97 Å². The van der Waals surface area contributed by atoms with Crippen LogP contribution in [0.25, 0.3) is 5.69 Å². The minimum Gasteiger partial charge on any atom is -0.483 e. The third-order valence-corrected chi connectivity index (χ3v) is 4.11. The Labute approximate surface area is 137 Å². The fourth-order valence-corrected chi connectivity index (χ4v) is 2.99. The lowest BCUT2D eigenvalue weighted by Crippen LogP contribution is -2.42. The molecule has 2 aliphatic heterocycles. The highest BCUT2D eigenvalue weighted by atomic mass is 16.5. The predicted octanol–water partition coefficient (Wildman–Crippen LogP) is 0.935. The van der Waals surface area contributed by atoms with Gasteiger partial charge in [-0.2, -0.15) is 0 Å². The van der Waals surface area contributed by atoms with E-state index in [9.17, 15) is 14.7 Å². The van der Waals surface area contributed by atoms with Crippen LogP contribution in [0.15, 0.2) is 24.3 Å². The van der Waals surface area contributed by atoms with Crippen molar-refractivity contribution in [1.82, 2.24) is 14.5 Å². The third-order valence-electron chi connectivity index (χ3n) is 4.11. The van der Waals surface area contributed by atoms with Gasteiger partial charge < -0.3 is 19.5 Å². The summed E-state index contributed by atoms with van der Waals surface area (Å²) in [5.41, 5.74) is 0.437. The summed E-state index contributed by atoms with van der Waals surface area (Å²) in [6.45, 7) is 1.85. The summed E-state index contributed by atoms with van der Waals surface area (Å²) in [5.74, 6) is -0.588. The molecule has 0 atom stereocenters. The number of morpholine rings is 1. The number of rotatable bonds is 2. The van der Waals surface area contributed by atoms with Crippen LogP contribution in [0.2, 0.25) is 0 Å². The molecule has 1 amide bonds. The van der Waals surface area contributed by atoms with Gasteiger partial charge in [0.15, 0.2) is 11.5 Å². The van der Waals surface area contributed by atoms with Gasteiger partial charge in [0, 0.05) is 13.1 Å². The number of ether oxygens (including phenoxy) is 2. The zero-order valence-electron chi connectivity index (χ0n) is 12.8. The highest BCUT2D eigenvalue weighted by molar-refractivity contribution is 6.03. The molecule has 1 saturated heterocycles. The van der Waals surface area contributed by atoms with Crippen LogP contribution < -0.4 is 4.74 Å². The highest BCUT2D eigenvalue weighted by Crippen LogP contribution is 2.32. The van der Waals surface area contributed by atoms with Gasteiger partial charge in [-0.1, -0.05) is 12.1 Å². The molecule has 1 aromatic carbocycles. The molecule has 1 fully saturated rings. The number of nitrogens with zero attached hydrogens (tertiary/aromatic N) is 3. The highest BCUT2D eigenvalue weighted by Gasteiger charge is 2.34. The second-order valence-electron chi connectivity index (χ2n) is 5.53. The Balaban J connectivity index is 1.88. The van der Waals surface area contributed by atoms with Crippen LogP contribution >= 0.6 is 0 Å². The Morgan fingerprint density at radius 1 is 1.17 bits per heavy atom. The number of carbonyl (C=O) groups excluding carboxylic acids is 1. The van der Waals surface area contributed by atoms with Crippen LogP contribution in [0, 0.1) is 0 Å². The van der Waals surface area contributed by atoms with E-state index >= 15 is 0 Å². The van der Waals surface area contributed by atoms with E-state index in [0.717, 1.165) is 0 Å². The number of para-hydroxylation sites is 2. The van der Waals surface area contributed by atoms with Gasteiger partial charge in [-0.05, 0) is 12.1 Å². The summed E-state index contributed by atoms with van der Waals surface area (Å²) >= 11 is 0. The Hall–Kier alpha value is -2.87. The molecular formula is C16H15N3O5. The van der Waals surface area contributed by atoms with Crippen molar-refractivity contribution in [2.45, 2.75) is 6.61 Å². The second kappa shape index (κ2) is 5.64. The fourth-order valence-electron chi connectivity index (χ4n) is 2.99. The molecular weight excluding hydrogens is 314 g/mol. The number of aromatic nitrogens is 2. The Bertz CT molecular complexity index is 823. The minimum absolute atomic E-state index is 0.0650. The molecule has 0 saturated carbocycles. The number of benzene rings is 1. The van der Waals surface area contributed by atoms with Crippen molar-refractivity contribution < 1.29 is 24.2 Å². The maximum absolute atomic E-state index is 13.0. The van der Waals surface area contributed by atoms with Gasteiger partial charge in [0.05, 0.1) is 18.9 Å². The lowest BCUT2D eigenvalue weighted by Gasteiger charge is -2.28. The fraction of sp³-hybridized carbons (Fsp3) is 0.312. The number of aromatic carboxylic acids is 1. The molecule has 0 unspecified atom stereocenters. The van der Waals surface area contributed by atoms with Crippen LogP contribution in [0.5, 0.6) is 5.75 Å². The SMILES string of the molecule is O=C(O)c1nc2n(c1C(=O)N1CCOCC1)-c1ccccc1OC2. The van der Waals surface area contributed by atoms with Crippen molar-refractivity contribution in [2.75, 3.05) is 26.3 Å². The molecule has 2 aliphatic rings. The number of hydrogen-bond acceptors (Lipinski definition) is 5. The average Bonchev–Trinajstić information content (AvgIpc) is 3.02. The minimum atomic E-state index is -1.23. The standard InChI is InChI=1S/C16H15N3O5/c20-15(18-5-7-23-8-6-18)14-13(16(21)22)17-12-9-24-11-4-2-1-3-10(11)19(12)14/h1-4H,5-9H2,(H,21,22). The molecule has 3 heterocycles. The molecule has 0 aliphatic carbocycles. The number of fused-ring (bicyclic) bond motifs is 3. The summed E-state index contributed by atoms with van der Waals surface area (Å²) in [4.78, 5) is 30.3. The molecule has 0 spiro atoms. The second-order valence-corrected chi connectivity index (χ2v) is 5.53. The van der Waals surface area contributed by atoms with Crippen molar-refractivity contribution in [3.8, 4) is 11.4 Å². The van der Waals surface area contributed by atoms with Crippen molar-refractivity contribution in [1.29, 1.82) is 0 Å². The number of carbonyl (C=O) groups is 2. The van der Waals surface area contributed by atoms with E-state index in [1.54, 1.807) is 27.7 Å². The number of carboxylic acid groups (broad SMARTS) is 1. The van der Waals surface area contributed by atoms with Gasteiger partial charge in [0.1, 0.15) is 18.1 Å². The molecule has 1 N–H and O–H groups in total. The summed E-state index contributed by atoms with van der Waals surface area (Å²) in [6, 6.07) is 7.19. The van der Waals surface area contributed by atoms with Crippen LogP contribution in [0.4, 0.5) is 0 Å². The van der Waals surface area contributed by atoms with E-state index in [0.29, 0.717) is 43.6 Å². The molecule has 2 aromatic rings. The molecule has 8 nitrogen and oxygen atoms in total. The first-order chi connectivity index (χ1) is 11.7. The number of carboxylic acids is 1. The van der Waals surface area contributed by atoms with Crippen molar-refractivity contribution in [3.63, 3.8) is 0 Å². The summed E-state index contributed by atoms with van der Waals surface area (Å²) < 4.78 is 12.5.